The summed E-state index contributed by atoms with van der Waals surface area (Å²) in [6, 6.07) is 10.0. The second kappa shape index (κ2) is 10.2. The zero-order valence-corrected chi connectivity index (χ0v) is 21.2. The van der Waals surface area contributed by atoms with E-state index in [1.165, 1.54) is 30.3 Å². The summed E-state index contributed by atoms with van der Waals surface area (Å²) in [4.78, 5) is 43.3. The van der Waals surface area contributed by atoms with Gasteiger partial charge in [-0.05, 0) is 43.5 Å². The Bertz CT molecular complexity index is 1370. The molecule has 1 fully saturated rings. The van der Waals surface area contributed by atoms with E-state index in [4.69, 9.17) is 5.73 Å². The number of hydrogen-bond acceptors (Lipinski definition) is 5. The first-order chi connectivity index (χ1) is 17.5. The van der Waals surface area contributed by atoms with Crippen molar-refractivity contribution in [1.29, 1.82) is 0 Å². The monoisotopic (exact) mass is 506 g/mol. The first-order valence-corrected chi connectivity index (χ1v) is 12.3. The fourth-order valence-corrected chi connectivity index (χ4v) is 4.49. The SMILES string of the molecule is CC(C)(C)c1ccc2cc(O)c(C(=O)c3ccc(C(=O)N[C@H]4CCCN(C(N)=O)CC4)cc3)c(F)c2n1. The molecular formula is C28H31FN4O4. The topological polar surface area (TPSA) is 126 Å². The van der Waals surface area contributed by atoms with Gasteiger partial charge in [-0.25, -0.2) is 14.2 Å². The standard InChI is InChI=1S/C28H31FN4O4/c1-28(2,3)21-11-10-18-15-20(34)22(23(29)24(18)32-21)25(35)16-6-8-17(9-7-16)26(36)31-19-5-4-13-33(14-12-19)27(30)37/h6-11,15,19,34H,4-5,12-14H2,1-3H3,(H2,30,37)(H,31,36)/t19-/m0/s1. The van der Waals surface area contributed by atoms with E-state index >= 15 is 4.39 Å². The van der Waals surface area contributed by atoms with Gasteiger partial charge in [-0.1, -0.05) is 39.0 Å². The normalized spacial score (nSPS) is 16.3. The van der Waals surface area contributed by atoms with Crippen LogP contribution in [0.5, 0.6) is 5.75 Å². The highest BCUT2D eigenvalue weighted by Crippen LogP contribution is 2.32. The predicted octanol–water partition coefficient (Wildman–Crippen LogP) is 4.27. The molecule has 3 aromatic rings. The molecule has 9 heteroatoms. The smallest absolute Gasteiger partial charge is 0.314 e. The maximum absolute atomic E-state index is 15.5. The lowest BCUT2D eigenvalue weighted by atomic mass is 9.91. The number of benzene rings is 2. The summed E-state index contributed by atoms with van der Waals surface area (Å²) in [6.07, 6.45) is 2.04. The van der Waals surface area contributed by atoms with Crippen molar-refractivity contribution >= 4 is 28.6 Å². The minimum atomic E-state index is -0.883. The minimum Gasteiger partial charge on any atom is -0.507 e. The summed E-state index contributed by atoms with van der Waals surface area (Å²) >= 11 is 0. The number of nitrogens with zero attached hydrogens (tertiary/aromatic N) is 2. The van der Waals surface area contributed by atoms with Gasteiger partial charge in [-0.2, -0.15) is 0 Å². The number of phenols is 1. The van der Waals surface area contributed by atoms with Gasteiger partial charge in [-0.3, -0.25) is 9.59 Å². The second-order valence-corrected chi connectivity index (χ2v) is 10.4. The number of phenolic OH excluding ortho intramolecular Hbond substituents is 1. The van der Waals surface area contributed by atoms with Crippen LogP contribution in [0.4, 0.5) is 9.18 Å². The first-order valence-electron chi connectivity index (χ1n) is 12.3. The third-order valence-corrected chi connectivity index (χ3v) is 6.68. The lowest BCUT2D eigenvalue weighted by Gasteiger charge is -2.19. The lowest BCUT2D eigenvalue weighted by molar-refractivity contribution is 0.0932. The third-order valence-electron chi connectivity index (χ3n) is 6.68. The number of primary amides is 1. The predicted molar refractivity (Wildman–Crippen MR) is 138 cm³/mol. The zero-order chi connectivity index (χ0) is 26.9. The summed E-state index contributed by atoms with van der Waals surface area (Å²) in [5.41, 5.74) is 5.72. The Morgan fingerprint density at radius 1 is 1.05 bits per heavy atom. The van der Waals surface area contributed by atoms with E-state index in [0.29, 0.717) is 36.2 Å². The van der Waals surface area contributed by atoms with Gasteiger partial charge in [0.1, 0.15) is 16.8 Å². The number of urea groups is 1. The van der Waals surface area contributed by atoms with Gasteiger partial charge >= 0.3 is 6.03 Å². The fraction of sp³-hybridized carbons (Fsp3) is 0.357. The molecule has 1 aromatic heterocycles. The van der Waals surface area contributed by atoms with Crippen LogP contribution in [-0.4, -0.2) is 51.8 Å². The summed E-state index contributed by atoms with van der Waals surface area (Å²) in [5, 5.41) is 13.8. The van der Waals surface area contributed by atoms with Gasteiger partial charge in [0.05, 0.1) is 0 Å². The van der Waals surface area contributed by atoms with Crippen molar-refractivity contribution in [2.45, 2.75) is 51.5 Å². The van der Waals surface area contributed by atoms with E-state index in [1.54, 1.807) is 17.0 Å². The molecule has 3 amide bonds. The van der Waals surface area contributed by atoms with Crippen LogP contribution in [0.2, 0.25) is 0 Å². The van der Waals surface area contributed by atoms with E-state index < -0.39 is 28.9 Å². The Morgan fingerprint density at radius 3 is 2.38 bits per heavy atom. The summed E-state index contributed by atoms with van der Waals surface area (Å²) in [7, 11) is 0. The van der Waals surface area contributed by atoms with E-state index in [1.807, 2.05) is 20.8 Å². The van der Waals surface area contributed by atoms with Crippen molar-refractivity contribution < 1.29 is 23.9 Å². The maximum atomic E-state index is 15.5. The number of aromatic nitrogens is 1. The Kier molecular flexibility index (Phi) is 7.16. The number of fused-ring (bicyclic) bond motifs is 1. The molecular weight excluding hydrogens is 475 g/mol. The molecule has 8 nitrogen and oxygen atoms in total. The van der Waals surface area contributed by atoms with Crippen LogP contribution in [0.25, 0.3) is 10.9 Å². The highest BCUT2D eigenvalue weighted by atomic mass is 19.1. The average molecular weight is 507 g/mol. The van der Waals surface area contributed by atoms with Gasteiger partial charge in [0.2, 0.25) is 0 Å². The van der Waals surface area contributed by atoms with Crippen molar-refractivity contribution in [3.63, 3.8) is 0 Å². The molecule has 0 spiro atoms. The Labute approximate surface area is 214 Å². The number of ketones is 1. The Hall–Kier alpha value is -4.01. The van der Waals surface area contributed by atoms with Gasteiger partial charge < -0.3 is 21.1 Å². The van der Waals surface area contributed by atoms with Gasteiger partial charge in [0, 0.05) is 46.8 Å². The van der Waals surface area contributed by atoms with Crippen LogP contribution in [0, 0.1) is 5.82 Å². The molecule has 0 saturated carbocycles. The van der Waals surface area contributed by atoms with Crippen LogP contribution in [0.1, 0.15) is 72.0 Å². The molecule has 4 rings (SSSR count). The van der Waals surface area contributed by atoms with Gasteiger partial charge in [0.15, 0.2) is 11.6 Å². The van der Waals surface area contributed by atoms with Crippen LogP contribution < -0.4 is 11.1 Å². The highest BCUT2D eigenvalue weighted by molar-refractivity contribution is 6.13. The third kappa shape index (κ3) is 5.55. The summed E-state index contributed by atoms with van der Waals surface area (Å²) in [5.74, 6) is -2.37. The number of aromatic hydroxyl groups is 1. The van der Waals surface area contributed by atoms with Crippen LogP contribution in [0.3, 0.4) is 0 Å². The first kappa shape index (κ1) is 26.1. The molecule has 0 unspecified atom stereocenters. The number of likely N-dealkylation sites (tertiary alicyclic amines) is 1. The minimum absolute atomic E-state index is 0.0166. The largest absolute Gasteiger partial charge is 0.507 e. The molecule has 0 bridgehead atoms. The van der Waals surface area contributed by atoms with E-state index in [-0.39, 0.29) is 28.4 Å². The molecule has 0 aliphatic carbocycles. The highest BCUT2D eigenvalue weighted by Gasteiger charge is 2.25. The number of pyridine rings is 1. The maximum Gasteiger partial charge on any atom is 0.314 e. The van der Waals surface area contributed by atoms with E-state index in [9.17, 15) is 19.5 Å². The number of nitrogens with one attached hydrogen (secondary N) is 1. The van der Waals surface area contributed by atoms with E-state index in [0.717, 1.165) is 12.8 Å². The second-order valence-electron chi connectivity index (χ2n) is 10.4. The number of carbonyl (C=O) groups excluding carboxylic acids is 3. The van der Waals surface area contributed by atoms with E-state index in [2.05, 4.69) is 10.3 Å². The van der Waals surface area contributed by atoms with Crippen molar-refractivity contribution in [1.82, 2.24) is 15.2 Å². The molecule has 1 aliphatic rings. The molecule has 194 valence electrons. The van der Waals surface area contributed by atoms with Crippen molar-refractivity contribution in [3.05, 3.63) is 70.7 Å². The molecule has 4 N–H and O–H groups in total. The number of halogens is 1. The molecule has 1 aliphatic heterocycles. The number of carbonyl (C=O) groups is 3. The number of amides is 3. The molecule has 1 atom stereocenters. The zero-order valence-electron chi connectivity index (χ0n) is 21.2. The van der Waals surface area contributed by atoms with Crippen molar-refractivity contribution in [2.24, 2.45) is 5.73 Å². The van der Waals surface area contributed by atoms with Crippen LogP contribution >= 0.6 is 0 Å². The number of nitrogens with two attached hydrogens (primary N) is 1. The average Bonchev–Trinajstić information content (AvgIpc) is 3.09. The fourth-order valence-electron chi connectivity index (χ4n) is 4.49. The Balaban J connectivity index is 1.53. The van der Waals surface area contributed by atoms with Gasteiger partial charge in [0.25, 0.3) is 5.91 Å². The molecule has 1 saturated heterocycles. The van der Waals surface area contributed by atoms with Crippen LogP contribution in [-0.2, 0) is 5.41 Å². The molecule has 2 aromatic carbocycles. The molecule has 2 heterocycles. The van der Waals surface area contributed by atoms with Crippen molar-refractivity contribution in [2.75, 3.05) is 13.1 Å². The Morgan fingerprint density at radius 2 is 1.73 bits per heavy atom. The summed E-state index contributed by atoms with van der Waals surface area (Å²) < 4.78 is 15.5. The van der Waals surface area contributed by atoms with Crippen molar-refractivity contribution in [3.8, 4) is 5.75 Å². The molecule has 0 radical (unpaired) electrons. The van der Waals surface area contributed by atoms with Gasteiger partial charge in [-0.15, -0.1) is 0 Å². The number of rotatable bonds is 4. The lowest BCUT2D eigenvalue weighted by Crippen LogP contribution is -2.38. The molecule has 37 heavy (non-hydrogen) atoms. The van der Waals surface area contributed by atoms with Crippen LogP contribution in [0.15, 0.2) is 42.5 Å². The number of hydrogen-bond donors (Lipinski definition) is 3. The summed E-state index contributed by atoms with van der Waals surface area (Å²) in [6.45, 7) is 6.89. The quantitative estimate of drug-likeness (QED) is 0.456.